The maximum Gasteiger partial charge on any atom is 0.242 e. The molecule has 0 bridgehead atoms. The third-order valence-corrected chi connectivity index (χ3v) is 5.86. The van der Waals surface area contributed by atoms with Gasteiger partial charge in [0.05, 0.1) is 24.5 Å². The number of amidine groups is 1. The third-order valence-electron chi connectivity index (χ3n) is 4.68. The molecule has 2 aromatic carbocycles. The van der Waals surface area contributed by atoms with Crippen molar-refractivity contribution >= 4 is 40.1 Å². The Morgan fingerprint density at radius 1 is 1.23 bits per heavy atom. The average molecular weight is 448 g/mol. The Labute approximate surface area is 183 Å². The van der Waals surface area contributed by atoms with Gasteiger partial charge < -0.3 is 10.1 Å². The molecule has 1 heterocycles. The lowest BCUT2D eigenvalue weighted by Crippen LogP contribution is -2.35. The molecule has 1 unspecified atom stereocenters. The molecule has 31 heavy (non-hydrogen) atoms. The maximum atomic E-state index is 13.8. The number of rotatable bonds is 7. The van der Waals surface area contributed by atoms with Gasteiger partial charge in [0.25, 0.3) is 0 Å². The van der Waals surface area contributed by atoms with Crippen LogP contribution in [0.3, 0.4) is 0 Å². The molecule has 164 valence electrons. The average Bonchev–Trinajstić information content (AvgIpc) is 2.99. The number of aliphatic imine (C=N–C) groups is 1. The van der Waals surface area contributed by atoms with Crippen molar-refractivity contribution in [3.05, 3.63) is 59.2 Å². The highest BCUT2D eigenvalue weighted by atomic mass is 32.2. The van der Waals surface area contributed by atoms with E-state index >= 15 is 0 Å². The summed E-state index contributed by atoms with van der Waals surface area (Å²) >= 11 is 1.19. The third kappa shape index (κ3) is 5.68. The topological polar surface area (TPSA) is 71.0 Å². The van der Waals surface area contributed by atoms with Crippen molar-refractivity contribution in [1.29, 1.82) is 0 Å². The second kappa shape index (κ2) is 10.0. The molecule has 1 aliphatic rings. The molecule has 0 spiro atoms. The molecule has 1 saturated heterocycles. The van der Waals surface area contributed by atoms with Crippen molar-refractivity contribution < 1.29 is 23.1 Å². The SMILES string of the molecule is COCCN1C(=O)C(CC(=O)Nc2ccc(F)cc2F)SC1=Nc1ccc(C)cc1C. The molecule has 1 fully saturated rings. The van der Waals surface area contributed by atoms with Crippen LogP contribution in [0.25, 0.3) is 0 Å². The molecule has 1 N–H and O–H groups in total. The number of thioether (sulfide) groups is 1. The van der Waals surface area contributed by atoms with Crippen LogP contribution >= 0.6 is 11.8 Å². The molecule has 0 aliphatic carbocycles. The van der Waals surface area contributed by atoms with Crippen LogP contribution in [0.2, 0.25) is 0 Å². The fourth-order valence-corrected chi connectivity index (χ4v) is 4.28. The molecule has 6 nitrogen and oxygen atoms in total. The highest BCUT2D eigenvalue weighted by molar-refractivity contribution is 8.15. The minimum Gasteiger partial charge on any atom is -0.383 e. The van der Waals surface area contributed by atoms with Crippen LogP contribution in [-0.4, -0.2) is 47.4 Å². The number of nitrogens with zero attached hydrogens (tertiary/aromatic N) is 2. The van der Waals surface area contributed by atoms with Crippen molar-refractivity contribution in [2.24, 2.45) is 4.99 Å². The first-order chi connectivity index (χ1) is 14.8. The molecule has 9 heteroatoms. The zero-order valence-electron chi connectivity index (χ0n) is 17.4. The number of halogens is 2. The van der Waals surface area contributed by atoms with Crippen molar-refractivity contribution in [2.75, 3.05) is 25.6 Å². The molecular weight excluding hydrogens is 424 g/mol. The number of carbonyl (C=O) groups excluding carboxylic acids is 2. The first kappa shape index (κ1) is 22.9. The van der Waals surface area contributed by atoms with Crippen LogP contribution in [-0.2, 0) is 14.3 Å². The highest BCUT2D eigenvalue weighted by Gasteiger charge is 2.39. The summed E-state index contributed by atoms with van der Waals surface area (Å²) in [6.07, 6.45) is -0.171. The summed E-state index contributed by atoms with van der Waals surface area (Å²) in [4.78, 5) is 31.5. The van der Waals surface area contributed by atoms with Gasteiger partial charge in [0.1, 0.15) is 16.9 Å². The summed E-state index contributed by atoms with van der Waals surface area (Å²) in [7, 11) is 1.54. The quantitative estimate of drug-likeness (QED) is 0.691. The van der Waals surface area contributed by atoms with Crippen LogP contribution in [0.15, 0.2) is 41.4 Å². The molecule has 0 radical (unpaired) electrons. The van der Waals surface area contributed by atoms with Gasteiger partial charge in [-0.25, -0.2) is 13.8 Å². The van der Waals surface area contributed by atoms with Gasteiger partial charge in [-0.05, 0) is 37.6 Å². The van der Waals surface area contributed by atoms with E-state index in [4.69, 9.17) is 4.74 Å². The molecule has 0 aromatic heterocycles. The van der Waals surface area contributed by atoms with Crippen LogP contribution in [0.1, 0.15) is 17.5 Å². The number of aryl methyl sites for hydroxylation is 2. The van der Waals surface area contributed by atoms with E-state index in [1.165, 1.54) is 23.8 Å². The van der Waals surface area contributed by atoms with Gasteiger partial charge >= 0.3 is 0 Å². The second-order valence-electron chi connectivity index (χ2n) is 7.15. The predicted molar refractivity (Wildman–Crippen MR) is 118 cm³/mol. The smallest absolute Gasteiger partial charge is 0.242 e. The lowest BCUT2D eigenvalue weighted by Gasteiger charge is -2.16. The van der Waals surface area contributed by atoms with Crippen LogP contribution in [0.4, 0.5) is 20.2 Å². The zero-order chi connectivity index (χ0) is 22.5. The van der Waals surface area contributed by atoms with E-state index in [0.717, 1.165) is 28.9 Å². The van der Waals surface area contributed by atoms with Crippen molar-refractivity contribution in [3.63, 3.8) is 0 Å². The molecule has 2 amide bonds. The van der Waals surface area contributed by atoms with E-state index in [9.17, 15) is 18.4 Å². The van der Waals surface area contributed by atoms with Crippen molar-refractivity contribution in [2.45, 2.75) is 25.5 Å². The van der Waals surface area contributed by atoms with Gasteiger partial charge in [0, 0.05) is 19.6 Å². The van der Waals surface area contributed by atoms with Gasteiger partial charge in [-0.15, -0.1) is 0 Å². The first-order valence-electron chi connectivity index (χ1n) is 9.66. The Morgan fingerprint density at radius 3 is 2.68 bits per heavy atom. The van der Waals surface area contributed by atoms with E-state index in [2.05, 4.69) is 10.3 Å². The first-order valence-corrected chi connectivity index (χ1v) is 10.5. The molecular formula is C22H23F2N3O3S. The molecule has 1 atom stereocenters. The van der Waals surface area contributed by atoms with E-state index in [0.29, 0.717) is 24.4 Å². The predicted octanol–water partition coefficient (Wildman–Crippen LogP) is 4.19. The minimum atomic E-state index is -0.877. The van der Waals surface area contributed by atoms with Crippen LogP contribution in [0, 0.1) is 25.5 Å². The lowest BCUT2D eigenvalue weighted by atomic mass is 10.1. The largest absolute Gasteiger partial charge is 0.383 e. The molecule has 0 saturated carbocycles. The van der Waals surface area contributed by atoms with E-state index in [-0.39, 0.29) is 18.0 Å². The second-order valence-corrected chi connectivity index (χ2v) is 8.32. The Bertz CT molecular complexity index is 1030. The minimum absolute atomic E-state index is 0.137. The Hall–Kier alpha value is -2.78. The normalized spacial score (nSPS) is 17.5. The van der Waals surface area contributed by atoms with Crippen molar-refractivity contribution in [1.82, 2.24) is 4.90 Å². The number of hydrogen-bond acceptors (Lipinski definition) is 5. The summed E-state index contributed by atoms with van der Waals surface area (Å²) in [6, 6.07) is 8.71. The Kier molecular flexibility index (Phi) is 7.40. The molecule has 1 aliphatic heterocycles. The maximum absolute atomic E-state index is 13.8. The Balaban J connectivity index is 1.77. The molecule has 3 rings (SSSR count). The fraction of sp³-hybridized carbons (Fsp3) is 0.318. The molecule has 2 aromatic rings. The van der Waals surface area contributed by atoms with E-state index in [1.807, 2.05) is 32.0 Å². The zero-order valence-corrected chi connectivity index (χ0v) is 18.3. The number of amides is 2. The van der Waals surface area contributed by atoms with Crippen LogP contribution in [0.5, 0.6) is 0 Å². The highest BCUT2D eigenvalue weighted by Crippen LogP contribution is 2.33. The van der Waals surface area contributed by atoms with Gasteiger partial charge in [-0.3, -0.25) is 14.5 Å². The van der Waals surface area contributed by atoms with Gasteiger partial charge in [0.15, 0.2) is 5.17 Å². The summed E-state index contributed by atoms with van der Waals surface area (Å²) in [5, 5.41) is 2.18. The van der Waals surface area contributed by atoms with Crippen LogP contribution < -0.4 is 5.32 Å². The van der Waals surface area contributed by atoms with Gasteiger partial charge in [-0.2, -0.15) is 0 Å². The van der Waals surface area contributed by atoms with Gasteiger partial charge in [-0.1, -0.05) is 29.5 Å². The number of anilines is 1. The summed E-state index contributed by atoms with van der Waals surface area (Å²) in [5.41, 5.74) is 2.68. The number of nitrogens with one attached hydrogen (secondary N) is 1. The number of benzene rings is 2. The monoisotopic (exact) mass is 447 g/mol. The van der Waals surface area contributed by atoms with E-state index < -0.39 is 22.8 Å². The van der Waals surface area contributed by atoms with E-state index in [1.54, 1.807) is 0 Å². The Morgan fingerprint density at radius 2 is 2.00 bits per heavy atom. The summed E-state index contributed by atoms with van der Waals surface area (Å²) in [6.45, 7) is 4.55. The number of ether oxygens (including phenoxy) is 1. The summed E-state index contributed by atoms with van der Waals surface area (Å²) < 4.78 is 32.0. The lowest BCUT2D eigenvalue weighted by molar-refractivity contribution is -0.128. The fourth-order valence-electron chi connectivity index (χ4n) is 3.11. The van der Waals surface area contributed by atoms with Gasteiger partial charge in [0.2, 0.25) is 11.8 Å². The summed E-state index contributed by atoms with van der Waals surface area (Å²) in [5.74, 6) is -2.42. The standard InChI is InChI=1S/C22H23F2N3O3S/c1-13-4-6-17(14(2)10-13)26-22-27(8-9-30-3)21(29)19(31-22)12-20(28)25-18-7-5-15(23)11-16(18)24/h4-7,10-11,19H,8-9,12H2,1-3H3,(H,25,28). The van der Waals surface area contributed by atoms with Crippen molar-refractivity contribution in [3.8, 4) is 0 Å². The number of methoxy groups -OCH3 is 1. The number of hydrogen-bond donors (Lipinski definition) is 1. The number of carbonyl (C=O) groups is 2.